The minimum absolute atomic E-state index is 0. The van der Waals surface area contributed by atoms with E-state index in [2.05, 4.69) is 5.32 Å². The van der Waals surface area contributed by atoms with Crippen LogP contribution < -0.4 is 44.7 Å². The molecule has 18 heavy (non-hydrogen) atoms. The summed E-state index contributed by atoms with van der Waals surface area (Å²) in [6.45, 7) is -0.191. The Bertz CT molecular complexity index is 297. The molecule has 0 bridgehead atoms. The van der Waals surface area contributed by atoms with Crippen LogP contribution in [-0.2, 0) is 4.79 Å². The molecule has 0 radical (unpaired) electrons. The number of hydrogen-bond acceptors (Lipinski definition) is 6. The maximum Gasteiger partial charge on any atom is 1.00 e. The van der Waals surface area contributed by atoms with E-state index in [-0.39, 0.29) is 49.4 Å². The summed E-state index contributed by atoms with van der Waals surface area (Å²) in [5.74, 6) is -0.411. The molecule has 0 heterocycles. The Labute approximate surface area is 128 Å². The molecule has 1 aromatic rings. The second kappa shape index (κ2) is 14.4. The van der Waals surface area contributed by atoms with E-state index in [4.69, 9.17) is 14.9 Å². The average molecular weight is 265 g/mol. The number of aliphatic hydroxyl groups excluding tert-OH is 2. The van der Waals surface area contributed by atoms with Crippen molar-refractivity contribution in [2.75, 3.05) is 26.5 Å². The van der Waals surface area contributed by atoms with Crippen molar-refractivity contribution in [2.24, 2.45) is 0 Å². The predicted molar refractivity (Wildman–Crippen MR) is 59.1 cm³/mol. The number of ether oxygens (including phenoxy) is 1. The zero-order chi connectivity index (χ0) is 12.9. The van der Waals surface area contributed by atoms with Crippen molar-refractivity contribution in [3.05, 3.63) is 30.3 Å². The molecule has 0 saturated carbocycles. The normalized spacial score (nSPS) is 8.56. The summed E-state index contributed by atoms with van der Waals surface area (Å²) in [7, 11) is 0. The molecule has 0 aliphatic heterocycles. The minimum Gasteiger partial charge on any atom is -0.549 e. The van der Waals surface area contributed by atoms with E-state index in [0.29, 0.717) is 6.61 Å². The Kier molecular flexibility index (Phi) is 15.8. The summed E-state index contributed by atoms with van der Waals surface area (Å²) in [4.78, 5) is 9.47. The quantitative estimate of drug-likeness (QED) is 0.353. The third-order valence-corrected chi connectivity index (χ3v) is 1.48. The van der Waals surface area contributed by atoms with E-state index >= 15 is 0 Å². The van der Waals surface area contributed by atoms with E-state index in [1.54, 1.807) is 0 Å². The molecule has 1 aromatic carbocycles. The van der Waals surface area contributed by atoms with E-state index in [0.717, 1.165) is 5.75 Å². The van der Waals surface area contributed by atoms with Gasteiger partial charge in [-0.1, -0.05) is 18.2 Å². The maximum absolute atomic E-state index is 9.47. The molecule has 0 spiro atoms. The van der Waals surface area contributed by atoms with Gasteiger partial charge in [0.2, 0.25) is 0 Å². The molecule has 0 unspecified atom stereocenters. The number of benzene rings is 1. The number of carbonyl (C=O) groups is 1. The SMILES string of the molecule is O=C([O-])CNCO.OCCOc1ccccc1.[Na+]. The van der Waals surface area contributed by atoms with Crippen molar-refractivity contribution in [3.8, 4) is 5.75 Å². The summed E-state index contributed by atoms with van der Waals surface area (Å²) in [6.07, 6.45) is 0. The van der Waals surface area contributed by atoms with Crippen LogP contribution in [0, 0.1) is 0 Å². The van der Waals surface area contributed by atoms with E-state index < -0.39 is 5.97 Å². The first kappa shape index (κ1) is 19.7. The van der Waals surface area contributed by atoms with Gasteiger partial charge in [0.1, 0.15) is 12.4 Å². The molecule has 96 valence electrons. The Balaban J connectivity index is 0. The second-order valence-corrected chi connectivity index (χ2v) is 2.84. The van der Waals surface area contributed by atoms with Crippen molar-refractivity contribution >= 4 is 5.97 Å². The summed E-state index contributed by atoms with van der Waals surface area (Å²) < 4.78 is 5.11. The number of nitrogens with one attached hydrogen (secondary N) is 1. The predicted octanol–water partition coefficient (Wildman–Crippen LogP) is -4.66. The maximum atomic E-state index is 9.47. The summed E-state index contributed by atoms with van der Waals surface area (Å²) in [5, 5.41) is 27.9. The number of rotatable bonds is 6. The molecule has 3 N–H and O–H groups in total. The number of para-hydroxylation sites is 1. The van der Waals surface area contributed by atoms with E-state index in [1.807, 2.05) is 30.3 Å². The van der Waals surface area contributed by atoms with Crippen molar-refractivity contribution < 1.29 is 54.4 Å². The van der Waals surface area contributed by atoms with Crippen molar-refractivity contribution in [2.45, 2.75) is 0 Å². The van der Waals surface area contributed by atoms with Crippen molar-refractivity contribution in [1.82, 2.24) is 5.32 Å². The number of carboxylic acid groups (broad SMARTS) is 1. The first-order valence-electron chi connectivity index (χ1n) is 5.00. The van der Waals surface area contributed by atoms with Crippen LogP contribution in [0.25, 0.3) is 0 Å². The zero-order valence-corrected chi connectivity index (χ0v) is 12.3. The van der Waals surface area contributed by atoms with Crippen LogP contribution in [0.15, 0.2) is 30.3 Å². The van der Waals surface area contributed by atoms with Gasteiger partial charge in [0.25, 0.3) is 0 Å². The molecular weight excluding hydrogens is 249 g/mol. The first-order valence-corrected chi connectivity index (χ1v) is 5.00. The zero-order valence-electron chi connectivity index (χ0n) is 10.3. The Morgan fingerprint density at radius 3 is 2.28 bits per heavy atom. The molecular formula is C11H16NNaO5. The summed E-state index contributed by atoms with van der Waals surface area (Å²) in [6, 6.07) is 9.43. The van der Waals surface area contributed by atoms with Gasteiger partial charge in [-0.15, -0.1) is 0 Å². The van der Waals surface area contributed by atoms with Gasteiger partial charge in [-0.3, -0.25) is 5.32 Å². The molecule has 0 aliphatic carbocycles. The van der Waals surface area contributed by atoms with Gasteiger partial charge in [0, 0.05) is 6.54 Å². The van der Waals surface area contributed by atoms with Gasteiger partial charge in [0.15, 0.2) is 0 Å². The Morgan fingerprint density at radius 1 is 1.28 bits per heavy atom. The molecule has 1 rings (SSSR count). The molecule has 0 saturated heterocycles. The third-order valence-electron chi connectivity index (χ3n) is 1.48. The third kappa shape index (κ3) is 13.4. The van der Waals surface area contributed by atoms with Crippen molar-refractivity contribution in [1.29, 1.82) is 0 Å². The molecule has 0 atom stereocenters. The standard InChI is InChI=1S/C8H10O2.C3H7NO3.Na/c9-6-7-10-8-4-2-1-3-5-8;5-2-4-1-3(6)7;/h1-5,9H,6-7H2;4-5H,1-2H2,(H,6,7);/q;;+1/p-1. The van der Waals surface area contributed by atoms with Crippen LogP contribution in [0.1, 0.15) is 0 Å². The number of hydrogen-bond donors (Lipinski definition) is 3. The number of aliphatic hydroxyl groups is 2. The fraction of sp³-hybridized carbons (Fsp3) is 0.364. The van der Waals surface area contributed by atoms with Gasteiger partial charge in [-0.05, 0) is 12.1 Å². The summed E-state index contributed by atoms with van der Waals surface area (Å²) >= 11 is 0. The molecule has 7 heteroatoms. The largest absolute Gasteiger partial charge is 1.00 e. The van der Waals surface area contributed by atoms with Gasteiger partial charge in [-0.25, -0.2) is 0 Å². The monoisotopic (exact) mass is 265 g/mol. The van der Waals surface area contributed by atoms with Gasteiger partial charge in [0.05, 0.1) is 19.3 Å². The fourth-order valence-corrected chi connectivity index (χ4v) is 0.838. The smallest absolute Gasteiger partial charge is 0.549 e. The van der Waals surface area contributed by atoms with Gasteiger partial charge < -0.3 is 24.9 Å². The topological polar surface area (TPSA) is 102 Å². The fourth-order valence-electron chi connectivity index (χ4n) is 0.838. The minimum atomic E-state index is -1.21. The first-order chi connectivity index (χ1) is 8.20. The van der Waals surface area contributed by atoms with Crippen LogP contribution in [0.5, 0.6) is 5.75 Å². The van der Waals surface area contributed by atoms with Crippen LogP contribution >= 0.6 is 0 Å². The second-order valence-electron chi connectivity index (χ2n) is 2.84. The molecule has 0 fully saturated rings. The van der Waals surface area contributed by atoms with Crippen LogP contribution in [0.2, 0.25) is 0 Å². The molecule has 0 aliphatic rings. The Hall–Kier alpha value is -0.630. The average Bonchev–Trinajstić information content (AvgIpc) is 2.36. The summed E-state index contributed by atoms with van der Waals surface area (Å²) in [5.41, 5.74) is 0. The van der Waals surface area contributed by atoms with E-state index in [9.17, 15) is 9.90 Å². The molecule has 0 amide bonds. The van der Waals surface area contributed by atoms with E-state index in [1.165, 1.54) is 0 Å². The van der Waals surface area contributed by atoms with Crippen LogP contribution in [0.4, 0.5) is 0 Å². The number of carboxylic acids is 1. The Morgan fingerprint density at radius 2 is 1.89 bits per heavy atom. The van der Waals surface area contributed by atoms with Crippen LogP contribution in [0.3, 0.4) is 0 Å². The van der Waals surface area contributed by atoms with Gasteiger partial charge in [-0.2, -0.15) is 0 Å². The molecule has 0 aromatic heterocycles. The number of aliphatic carboxylic acids is 1. The van der Waals surface area contributed by atoms with Gasteiger partial charge >= 0.3 is 29.6 Å². The number of carbonyl (C=O) groups excluding carboxylic acids is 1. The van der Waals surface area contributed by atoms with Crippen LogP contribution in [-0.4, -0.2) is 42.7 Å². The molecule has 6 nitrogen and oxygen atoms in total. The van der Waals surface area contributed by atoms with Crippen molar-refractivity contribution in [3.63, 3.8) is 0 Å².